The quantitative estimate of drug-likeness (QED) is 0.516. The molecule has 2 rings (SSSR count). The Labute approximate surface area is 171 Å². The lowest BCUT2D eigenvalue weighted by Gasteiger charge is -2.14. The summed E-state index contributed by atoms with van der Waals surface area (Å²) in [5, 5.41) is 0.540. The Balaban J connectivity index is 2.37. The lowest BCUT2D eigenvalue weighted by atomic mass is 10.1. The first-order valence-corrected chi connectivity index (χ1v) is 8.68. The van der Waals surface area contributed by atoms with Gasteiger partial charge in [-0.3, -0.25) is 14.4 Å². The molecule has 0 unspecified atom stereocenters. The van der Waals surface area contributed by atoms with Crippen molar-refractivity contribution in [2.24, 2.45) is 0 Å². The van der Waals surface area contributed by atoms with E-state index in [9.17, 15) is 19.2 Å². The molecule has 0 spiro atoms. The molecule has 0 fully saturated rings. The zero-order valence-electron chi connectivity index (χ0n) is 15.8. The molecule has 0 amide bonds. The molecule has 8 nitrogen and oxygen atoms in total. The van der Waals surface area contributed by atoms with Crippen LogP contribution in [0.4, 0.5) is 0 Å². The largest absolute Gasteiger partial charge is 0.457 e. The number of esters is 4. The van der Waals surface area contributed by atoms with E-state index in [0.29, 0.717) is 10.6 Å². The van der Waals surface area contributed by atoms with Gasteiger partial charge in [0, 0.05) is 25.8 Å². The molecule has 0 aliphatic heterocycles. The average molecular weight is 421 g/mol. The summed E-state index contributed by atoms with van der Waals surface area (Å²) in [6.07, 6.45) is 0. The predicted molar refractivity (Wildman–Crippen MR) is 101 cm³/mol. The third-order valence-corrected chi connectivity index (χ3v) is 3.54. The summed E-state index contributed by atoms with van der Waals surface area (Å²) >= 11 is 5.81. The summed E-state index contributed by atoms with van der Waals surface area (Å²) < 4.78 is 20.2. The number of hydrogen-bond donors (Lipinski definition) is 0. The summed E-state index contributed by atoms with van der Waals surface area (Å²) in [5.74, 6) is -3.86. The molecule has 0 heterocycles. The second kappa shape index (κ2) is 9.70. The smallest absolute Gasteiger partial charge is 0.338 e. The maximum atomic E-state index is 12.5. The lowest BCUT2D eigenvalue weighted by molar-refractivity contribution is -0.135. The second-order valence-electron chi connectivity index (χ2n) is 5.79. The van der Waals surface area contributed by atoms with Gasteiger partial charge in [0.25, 0.3) is 0 Å². The summed E-state index contributed by atoms with van der Waals surface area (Å²) in [4.78, 5) is 46.7. The van der Waals surface area contributed by atoms with Crippen LogP contribution < -0.4 is 14.2 Å². The van der Waals surface area contributed by atoms with Gasteiger partial charge >= 0.3 is 23.9 Å². The lowest BCUT2D eigenvalue weighted by Crippen LogP contribution is -2.13. The van der Waals surface area contributed by atoms with E-state index < -0.39 is 23.9 Å². The number of ether oxygens (including phenoxy) is 4. The van der Waals surface area contributed by atoms with Crippen molar-refractivity contribution in [3.63, 3.8) is 0 Å². The highest BCUT2D eigenvalue weighted by Gasteiger charge is 2.23. The van der Waals surface area contributed by atoms with E-state index in [1.807, 2.05) is 0 Å². The highest BCUT2D eigenvalue weighted by molar-refractivity contribution is 6.30. The first kappa shape index (κ1) is 21.9. The predicted octanol–water partition coefficient (Wildman–Crippen LogP) is 3.47. The molecule has 0 aromatic heterocycles. The number of rotatable bonds is 6. The Hall–Kier alpha value is -3.39. The number of carbonyl (C=O) groups is 4. The molecule has 152 valence electrons. The average Bonchev–Trinajstić information content (AvgIpc) is 2.62. The number of halogens is 1. The molecular weight excluding hydrogens is 404 g/mol. The first-order valence-electron chi connectivity index (χ1n) is 8.30. The van der Waals surface area contributed by atoms with Gasteiger partial charge in [-0.2, -0.15) is 0 Å². The van der Waals surface area contributed by atoms with E-state index in [0.717, 1.165) is 32.9 Å². The van der Waals surface area contributed by atoms with Crippen LogP contribution >= 0.6 is 11.6 Å². The minimum Gasteiger partial charge on any atom is -0.457 e. The van der Waals surface area contributed by atoms with E-state index in [1.165, 1.54) is 0 Å². The number of hydrogen-bond acceptors (Lipinski definition) is 8. The van der Waals surface area contributed by atoms with E-state index in [-0.39, 0.29) is 29.4 Å². The molecule has 29 heavy (non-hydrogen) atoms. The van der Waals surface area contributed by atoms with Crippen LogP contribution in [-0.2, 0) is 25.7 Å². The molecule has 0 atom stereocenters. The Morgan fingerprint density at radius 2 is 1.28 bits per heavy atom. The van der Waals surface area contributed by atoms with E-state index in [2.05, 4.69) is 0 Å². The van der Waals surface area contributed by atoms with Gasteiger partial charge in [-0.25, -0.2) is 4.79 Å². The van der Waals surface area contributed by atoms with Crippen molar-refractivity contribution in [1.82, 2.24) is 0 Å². The fourth-order valence-electron chi connectivity index (χ4n) is 2.21. The molecule has 0 radical (unpaired) electrons. The van der Waals surface area contributed by atoms with Crippen LogP contribution in [-0.4, -0.2) is 23.9 Å². The molecule has 0 aliphatic carbocycles. The molecule has 0 aliphatic rings. The number of benzene rings is 2. The highest BCUT2D eigenvalue weighted by atomic mass is 35.5. The topological polar surface area (TPSA) is 105 Å². The Morgan fingerprint density at radius 1 is 0.793 bits per heavy atom. The summed E-state index contributed by atoms with van der Waals surface area (Å²) in [5.41, 5.74) is 0.613. The SMILES string of the molecule is CC(=O)Oc1cc(C(=O)OCc2ccc(Cl)cc2)cc(OC(C)=O)c1OC(C)=O. The summed E-state index contributed by atoms with van der Waals surface area (Å²) in [7, 11) is 0. The Kier molecular flexibility index (Phi) is 7.33. The first-order chi connectivity index (χ1) is 13.7. The summed E-state index contributed by atoms with van der Waals surface area (Å²) in [6, 6.07) is 8.97. The van der Waals surface area contributed by atoms with Crippen molar-refractivity contribution >= 4 is 35.5 Å². The van der Waals surface area contributed by atoms with Crippen molar-refractivity contribution < 1.29 is 38.1 Å². The fraction of sp³-hybridized carbons (Fsp3) is 0.200. The zero-order chi connectivity index (χ0) is 21.6. The van der Waals surface area contributed by atoms with Crippen LogP contribution in [0.15, 0.2) is 36.4 Å². The van der Waals surface area contributed by atoms with Crippen LogP contribution in [0.5, 0.6) is 17.2 Å². The van der Waals surface area contributed by atoms with Crippen molar-refractivity contribution in [1.29, 1.82) is 0 Å². The van der Waals surface area contributed by atoms with Crippen LogP contribution in [0, 0.1) is 0 Å². The van der Waals surface area contributed by atoms with Crippen molar-refractivity contribution in [3.8, 4) is 17.2 Å². The molecule has 0 bridgehead atoms. The monoisotopic (exact) mass is 420 g/mol. The molecular formula is C20H17ClO8. The molecule has 9 heteroatoms. The maximum Gasteiger partial charge on any atom is 0.338 e. The normalized spacial score (nSPS) is 10.1. The van der Waals surface area contributed by atoms with Crippen LogP contribution in [0.3, 0.4) is 0 Å². The molecule has 0 saturated carbocycles. The second-order valence-corrected chi connectivity index (χ2v) is 6.22. The Bertz CT molecular complexity index is 912. The van der Waals surface area contributed by atoms with Crippen molar-refractivity contribution in [3.05, 3.63) is 52.5 Å². The highest BCUT2D eigenvalue weighted by Crippen LogP contribution is 2.39. The van der Waals surface area contributed by atoms with Gasteiger partial charge < -0.3 is 18.9 Å². The zero-order valence-corrected chi connectivity index (χ0v) is 16.6. The molecule has 0 N–H and O–H groups in total. The van der Waals surface area contributed by atoms with Gasteiger partial charge in [-0.05, 0) is 29.8 Å². The third kappa shape index (κ3) is 6.62. The van der Waals surface area contributed by atoms with Crippen molar-refractivity contribution in [2.75, 3.05) is 0 Å². The standard InChI is InChI=1S/C20H17ClO8/c1-11(22)27-17-8-15(9-18(28-12(2)23)19(17)29-13(3)24)20(25)26-10-14-4-6-16(21)7-5-14/h4-9H,10H2,1-3H3. The minimum atomic E-state index is -0.781. The fourth-order valence-corrected chi connectivity index (χ4v) is 2.34. The minimum absolute atomic E-state index is 0.0481. The van der Waals surface area contributed by atoms with Crippen LogP contribution in [0.25, 0.3) is 0 Å². The van der Waals surface area contributed by atoms with E-state index >= 15 is 0 Å². The third-order valence-electron chi connectivity index (χ3n) is 3.29. The van der Waals surface area contributed by atoms with Gasteiger partial charge in [0.15, 0.2) is 11.5 Å². The van der Waals surface area contributed by atoms with Gasteiger partial charge in [0.1, 0.15) is 6.61 Å². The molecule has 0 saturated heterocycles. The van der Waals surface area contributed by atoms with Gasteiger partial charge in [-0.1, -0.05) is 23.7 Å². The van der Waals surface area contributed by atoms with E-state index in [4.69, 9.17) is 30.5 Å². The molecule has 2 aromatic carbocycles. The Morgan fingerprint density at radius 3 is 1.72 bits per heavy atom. The van der Waals surface area contributed by atoms with Gasteiger partial charge in [0.2, 0.25) is 5.75 Å². The van der Waals surface area contributed by atoms with E-state index in [1.54, 1.807) is 24.3 Å². The number of carbonyl (C=O) groups excluding carboxylic acids is 4. The molecule has 2 aromatic rings. The van der Waals surface area contributed by atoms with Crippen LogP contribution in [0.2, 0.25) is 5.02 Å². The van der Waals surface area contributed by atoms with Crippen LogP contribution in [0.1, 0.15) is 36.7 Å². The summed E-state index contributed by atoms with van der Waals surface area (Å²) in [6.45, 7) is 3.31. The van der Waals surface area contributed by atoms with Gasteiger partial charge in [-0.15, -0.1) is 0 Å². The van der Waals surface area contributed by atoms with Gasteiger partial charge in [0.05, 0.1) is 5.56 Å². The van der Waals surface area contributed by atoms with Crippen molar-refractivity contribution in [2.45, 2.75) is 27.4 Å². The maximum absolute atomic E-state index is 12.5.